The first-order valence-corrected chi connectivity index (χ1v) is 11.4. The smallest absolute Gasteiger partial charge is 0.243 e. The first-order valence-electron chi connectivity index (χ1n) is 9.99. The summed E-state index contributed by atoms with van der Waals surface area (Å²) >= 11 is 0. The second kappa shape index (κ2) is 8.71. The quantitative estimate of drug-likeness (QED) is 0.767. The van der Waals surface area contributed by atoms with Crippen LogP contribution in [0.5, 0.6) is 0 Å². The molecular weight excluding hydrogens is 362 g/mol. The molecule has 0 N–H and O–H groups in total. The van der Waals surface area contributed by atoms with Gasteiger partial charge in [-0.15, -0.1) is 0 Å². The molecule has 2 saturated heterocycles. The van der Waals surface area contributed by atoms with Crippen molar-refractivity contribution in [1.82, 2.24) is 14.1 Å². The summed E-state index contributed by atoms with van der Waals surface area (Å²) in [4.78, 5) is 17.3. The third kappa shape index (κ3) is 4.70. The summed E-state index contributed by atoms with van der Waals surface area (Å²) < 4.78 is 27.0. The topological polar surface area (TPSA) is 60.9 Å². The van der Waals surface area contributed by atoms with Crippen LogP contribution in [0.4, 0.5) is 0 Å². The van der Waals surface area contributed by atoms with E-state index in [9.17, 15) is 13.2 Å². The number of nitrogens with zero attached hydrogens (tertiary/aromatic N) is 3. The lowest BCUT2D eigenvalue weighted by molar-refractivity contribution is -0.135. The summed E-state index contributed by atoms with van der Waals surface area (Å²) in [6.45, 7) is 5.89. The monoisotopic (exact) mass is 393 g/mol. The van der Waals surface area contributed by atoms with Gasteiger partial charge in [-0.25, -0.2) is 8.42 Å². The lowest BCUT2D eigenvalue weighted by Crippen LogP contribution is -2.54. The fraction of sp³-hybridized carbons (Fsp3) is 0.650. The maximum Gasteiger partial charge on any atom is 0.243 e. The van der Waals surface area contributed by atoms with Crippen molar-refractivity contribution in [3.05, 3.63) is 29.8 Å². The molecule has 0 saturated carbocycles. The normalized spacial score (nSPS) is 22.7. The number of carbonyl (C=O) groups is 1. The summed E-state index contributed by atoms with van der Waals surface area (Å²) in [5.74, 6) is 0.126. The standard InChI is InChI=1S/C20H31N3O3S/c1-3-18-16-21(2)13-14-23(18)20(24)15-17-7-9-19(10-8-17)27(25,26)22-11-5-4-6-12-22/h7-10,18H,3-6,11-16H2,1-2H3. The van der Waals surface area contributed by atoms with Gasteiger partial charge in [0.05, 0.1) is 11.3 Å². The Morgan fingerprint density at radius 3 is 2.33 bits per heavy atom. The van der Waals surface area contributed by atoms with E-state index in [1.165, 1.54) is 0 Å². The van der Waals surface area contributed by atoms with E-state index in [-0.39, 0.29) is 11.9 Å². The fourth-order valence-corrected chi connectivity index (χ4v) is 5.52. The molecule has 1 unspecified atom stereocenters. The van der Waals surface area contributed by atoms with E-state index < -0.39 is 10.0 Å². The van der Waals surface area contributed by atoms with E-state index in [1.54, 1.807) is 28.6 Å². The summed E-state index contributed by atoms with van der Waals surface area (Å²) in [7, 11) is -1.32. The van der Waals surface area contributed by atoms with Crippen molar-refractivity contribution in [1.29, 1.82) is 0 Å². The zero-order chi connectivity index (χ0) is 19.4. The second-order valence-corrected chi connectivity index (χ2v) is 9.63. The molecule has 0 bridgehead atoms. The van der Waals surface area contributed by atoms with Crippen LogP contribution in [0, 0.1) is 0 Å². The number of rotatable bonds is 5. The van der Waals surface area contributed by atoms with Crippen LogP contribution in [-0.2, 0) is 21.2 Å². The van der Waals surface area contributed by atoms with Crippen LogP contribution in [0.3, 0.4) is 0 Å². The number of carbonyl (C=O) groups excluding carboxylic acids is 1. The number of sulfonamides is 1. The van der Waals surface area contributed by atoms with Crippen molar-refractivity contribution in [2.24, 2.45) is 0 Å². The molecule has 1 atom stereocenters. The molecule has 6 nitrogen and oxygen atoms in total. The Balaban J connectivity index is 1.66. The Bertz CT molecular complexity index is 742. The number of piperidine rings is 1. The van der Waals surface area contributed by atoms with E-state index in [4.69, 9.17) is 0 Å². The number of piperazine rings is 1. The van der Waals surface area contributed by atoms with Gasteiger partial charge in [0.1, 0.15) is 0 Å². The highest BCUT2D eigenvalue weighted by Crippen LogP contribution is 2.21. The molecule has 3 rings (SSSR count). The lowest BCUT2D eigenvalue weighted by atomic mass is 10.1. The van der Waals surface area contributed by atoms with Crippen molar-refractivity contribution in [3.8, 4) is 0 Å². The van der Waals surface area contributed by atoms with Gasteiger partial charge in [-0.3, -0.25) is 4.79 Å². The maximum absolute atomic E-state index is 12.8. The molecule has 0 aromatic heterocycles. The second-order valence-electron chi connectivity index (χ2n) is 7.70. The molecule has 2 aliphatic rings. The van der Waals surface area contributed by atoms with Crippen LogP contribution in [-0.4, -0.2) is 74.2 Å². The van der Waals surface area contributed by atoms with E-state index >= 15 is 0 Å². The van der Waals surface area contributed by atoms with Crippen LogP contribution < -0.4 is 0 Å². The Morgan fingerprint density at radius 1 is 1.04 bits per heavy atom. The van der Waals surface area contributed by atoms with Gasteiger partial charge in [0.2, 0.25) is 15.9 Å². The Labute approximate surface area is 163 Å². The van der Waals surface area contributed by atoms with Gasteiger partial charge in [-0.2, -0.15) is 4.31 Å². The minimum Gasteiger partial charge on any atom is -0.337 e. The first-order chi connectivity index (χ1) is 12.9. The van der Waals surface area contributed by atoms with Crippen molar-refractivity contribution in [2.75, 3.05) is 39.8 Å². The number of benzene rings is 1. The number of amides is 1. The Kier molecular flexibility index (Phi) is 6.55. The zero-order valence-corrected chi connectivity index (χ0v) is 17.2. The Hall–Kier alpha value is -1.44. The predicted octanol–water partition coefficient (Wildman–Crippen LogP) is 1.96. The van der Waals surface area contributed by atoms with Crippen molar-refractivity contribution < 1.29 is 13.2 Å². The van der Waals surface area contributed by atoms with Crippen LogP contribution in [0.25, 0.3) is 0 Å². The molecule has 1 aromatic carbocycles. The van der Waals surface area contributed by atoms with E-state index in [2.05, 4.69) is 18.9 Å². The van der Waals surface area contributed by atoms with Gasteiger partial charge >= 0.3 is 0 Å². The third-order valence-corrected chi connectivity index (χ3v) is 7.62. The highest BCUT2D eigenvalue weighted by atomic mass is 32.2. The average molecular weight is 394 g/mol. The molecular formula is C20H31N3O3S. The van der Waals surface area contributed by atoms with Gasteiger partial charge in [0.25, 0.3) is 0 Å². The molecule has 0 spiro atoms. The van der Waals surface area contributed by atoms with Crippen molar-refractivity contribution in [2.45, 2.75) is 50.0 Å². The summed E-state index contributed by atoms with van der Waals surface area (Å²) in [6.07, 6.45) is 4.22. The molecule has 2 fully saturated rings. The van der Waals surface area contributed by atoms with E-state index in [0.29, 0.717) is 24.4 Å². The molecule has 0 radical (unpaired) electrons. The van der Waals surface area contributed by atoms with Crippen LogP contribution in [0.2, 0.25) is 0 Å². The van der Waals surface area contributed by atoms with Crippen LogP contribution in [0.1, 0.15) is 38.2 Å². The van der Waals surface area contributed by atoms with Gasteiger partial charge < -0.3 is 9.80 Å². The number of likely N-dealkylation sites (N-methyl/N-ethyl adjacent to an activating group) is 1. The molecule has 2 heterocycles. The summed E-state index contributed by atoms with van der Waals surface area (Å²) in [5, 5.41) is 0. The highest BCUT2D eigenvalue weighted by Gasteiger charge is 2.28. The third-order valence-electron chi connectivity index (χ3n) is 5.71. The lowest BCUT2D eigenvalue weighted by Gasteiger charge is -2.39. The van der Waals surface area contributed by atoms with Crippen molar-refractivity contribution in [3.63, 3.8) is 0 Å². The SMILES string of the molecule is CCC1CN(C)CCN1C(=O)Cc1ccc(S(=O)(=O)N2CCCCC2)cc1. The van der Waals surface area contributed by atoms with E-state index in [0.717, 1.165) is 50.9 Å². The van der Waals surface area contributed by atoms with Crippen LogP contribution in [0.15, 0.2) is 29.2 Å². The average Bonchev–Trinajstić information content (AvgIpc) is 2.68. The summed E-state index contributed by atoms with van der Waals surface area (Å²) in [5.41, 5.74) is 0.867. The molecule has 1 aromatic rings. The van der Waals surface area contributed by atoms with Gasteiger partial charge in [-0.05, 0) is 44.0 Å². The largest absolute Gasteiger partial charge is 0.337 e. The number of hydrogen-bond acceptors (Lipinski definition) is 4. The van der Waals surface area contributed by atoms with Crippen LogP contribution >= 0.6 is 0 Å². The van der Waals surface area contributed by atoms with Gasteiger partial charge in [-0.1, -0.05) is 25.5 Å². The van der Waals surface area contributed by atoms with Gasteiger partial charge in [0.15, 0.2) is 0 Å². The zero-order valence-electron chi connectivity index (χ0n) is 16.4. The maximum atomic E-state index is 12.8. The summed E-state index contributed by atoms with van der Waals surface area (Å²) in [6, 6.07) is 7.12. The Morgan fingerprint density at radius 2 is 1.70 bits per heavy atom. The molecule has 7 heteroatoms. The van der Waals surface area contributed by atoms with Gasteiger partial charge in [0, 0.05) is 38.8 Å². The molecule has 2 aliphatic heterocycles. The minimum absolute atomic E-state index is 0.126. The first kappa shape index (κ1) is 20.3. The molecule has 0 aliphatic carbocycles. The minimum atomic E-state index is -3.41. The predicted molar refractivity (Wildman–Crippen MR) is 106 cm³/mol. The number of hydrogen-bond donors (Lipinski definition) is 0. The molecule has 27 heavy (non-hydrogen) atoms. The molecule has 1 amide bonds. The van der Waals surface area contributed by atoms with Crippen molar-refractivity contribution >= 4 is 15.9 Å². The molecule has 150 valence electrons. The van der Waals surface area contributed by atoms with E-state index in [1.807, 2.05) is 4.90 Å². The fourth-order valence-electron chi connectivity index (χ4n) is 4.00. The highest BCUT2D eigenvalue weighted by molar-refractivity contribution is 7.89.